The minimum atomic E-state index is 0.890. The van der Waals surface area contributed by atoms with Crippen LogP contribution in [-0.2, 0) is 0 Å². The summed E-state index contributed by atoms with van der Waals surface area (Å²) in [6, 6.07) is 0. The van der Waals surface area contributed by atoms with E-state index in [0.29, 0.717) is 0 Å². The number of nitrogens with two attached hydrogens (primary N) is 1. The summed E-state index contributed by atoms with van der Waals surface area (Å²) in [6.45, 7) is 0.890. The Kier molecular flexibility index (Phi) is 2.17. The summed E-state index contributed by atoms with van der Waals surface area (Å²) in [7, 11) is 0. The fraction of sp³-hybridized carbons (Fsp3) is 1.00. The summed E-state index contributed by atoms with van der Waals surface area (Å²) < 4.78 is 0. The maximum Gasteiger partial charge on any atom is -0.00773 e. The second-order valence-electron chi connectivity index (χ2n) is 4.28. The average molecular weight is 153 g/mol. The molecule has 0 heterocycles. The lowest BCUT2D eigenvalue weighted by molar-refractivity contribution is 0.425. The van der Waals surface area contributed by atoms with Crippen molar-refractivity contribution >= 4 is 0 Å². The SMILES string of the molecule is NCCCCC1CCC2CC12. The fourth-order valence-corrected chi connectivity index (χ4v) is 2.73. The van der Waals surface area contributed by atoms with Crippen molar-refractivity contribution in [2.24, 2.45) is 23.5 Å². The van der Waals surface area contributed by atoms with Crippen LogP contribution in [0.4, 0.5) is 0 Å². The highest BCUT2D eigenvalue weighted by Crippen LogP contribution is 2.56. The number of unbranched alkanes of at least 4 members (excludes halogenated alkanes) is 1. The molecule has 2 rings (SSSR count). The van der Waals surface area contributed by atoms with E-state index >= 15 is 0 Å². The van der Waals surface area contributed by atoms with E-state index in [1.165, 1.54) is 32.1 Å². The van der Waals surface area contributed by atoms with Crippen LogP contribution in [0.2, 0.25) is 0 Å². The monoisotopic (exact) mass is 153 g/mol. The number of fused-ring (bicyclic) bond motifs is 1. The van der Waals surface area contributed by atoms with Crippen LogP contribution in [-0.4, -0.2) is 6.54 Å². The molecule has 11 heavy (non-hydrogen) atoms. The van der Waals surface area contributed by atoms with Crippen LogP contribution in [0.1, 0.15) is 38.5 Å². The van der Waals surface area contributed by atoms with Crippen LogP contribution in [0.25, 0.3) is 0 Å². The Balaban J connectivity index is 1.63. The van der Waals surface area contributed by atoms with Gasteiger partial charge in [-0.3, -0.25) is 0 Å². The summed E-state index contributed by atoms with van der Waals surface area (Å²) >= 11 is 0. The van der Waals surface area contributed by atoms with Crippen molar-refractivity contribution in [3.8, 4) is 0 Å². The molecule has 0 aromatic heterocycles. The van der Waals surface area contributed by atoms with Gasteiger partial charge in [0.1, 0.15) is 0 Å². The molecule has 0 amide bonds. The van der Waals surface area contributed by atoms with E-state index in [1.807, 2.05) is 0 Å². The highest BCUT2D eigenvalue weighted by Gasteiger charge is 2.46. The molecule has 64 valence electrons. The third kappa shape index (κ3) is 1.58. The van der Waals surface area contributed by atoms with E-state index in [4.69, 9.17) is 5.73 Å². The van der Waals surface area contributed by atoms with Crippen LogP contribution in [0.3, 0.4) is 0 Å². The van der Waals surface area contributed by atoms with E-state index in [0.717, 1.165) is 24.3 Å². The summed E-state index contributed by atoms with van der Waals surface area (Å²) in [4.78, 5) is 0. The van der Waals surface area contributed by atoms with Crippen molar-refractivity contribution in [3.63, 3.8) is 0 Å². The van der Waals surface area contributed by atoms with Crippen LogP contribution in [0.15, 0.2) is 0 Å². The van der Waals surface area contributed by atoms with Gasteiger partial charge < -0.3 is 5.73 Å². The van der Waals surface area contributed by atoms with Gasteiger partial charge in [0.05, 0.1) is 0 Å². The third-order valence-corrected chi connectivity index (χ3v) is 3.52. The van der Waals surface area contributed by atoms with Gasteiger partial charge in [-0.05, 0) is 50.0 Å². The van der Waals surface area contributed by atoms with Crippen molar-refractivity contribution in [2.45, 2.75) is 38.5 Å². The van der Waals surface area contributed by atoms with Crippen LogP contribution in [0.5, 0.6) is 0 Å². The van der Waals surface area contributed by atoms with Gasteiger partial charge in [0.15, 0.2) is 0 Å². The Labute approximate surface area is 69.4 Å². The molecule has 2 aliphatic carbocycles. The Morgan fingerprint density at radius 2 is 2.09 bits per heavy atom. The first-order valence-corrected chi connectivity index (χ1v) is 5.12. The average Bonchev–Trinajstić information content (AvgIpc) is 2.70. The topological polar surface area (TPSA) is 26.0 Å². The van der Waals surface area contributed by atoms with Gasteiger partial charge in [0.25, 0.3) is 0 Å². The zero-order valence-corrected chi connectivity index (χ0v) is 7.26. The Morgan fingerprint density at radius 3 is 2.64 bits per heavy atom. The molecule has 2 saturated carbocycles. The molecular formula is C10H19N. The van der Waals surface area contributed by atoms with Gasteiger partial charge in [-0.2, -0.15) is 0 Å². The lowest BCUT2D eigenvalue weighted by Gasteiger charge is -2.09. The third-order valence-electron chi connectivity index (χ3n) is 3.52. The van der Waals surface area contributed by atoms with Crippen LogP contribution in [0, 0.1) is 17.8 Å². The first kappa shape index (κ1) is 7.60. The molecule has 0 saturated heterocycles. The molecule has 2 fully saturated rings. The summed E-state index contributed by atoms with van der Waals surface area (Å²) in [5.41, 5.74) is 5.46. The minimum Gasteiger partial charge on any atom is -0.330 e. The molecule has 0 aliphatic heterocycles. The van der Waals surface area contributed by atoms with E-state index < -0.39 is 0 Å². The maximum absolute atomic E-state index is 5.46. The number of rotatable bonds is 4. The van der Waals surface area contributed by atoms with Crippen molar-refractivity contribution in [1.29, 1.82) is 0 Å². The lowest BCUT2D eigenvalue weighted by atomic mass is 9.97. The first-order valence-electron chi connectivity index (χ1n) is 5.12. The molecule has 2 N–H and O–H groups in total. The molecule has 0 spiro atoms. The van der Waals surface area contributed by atoms with Crippen LogP contribution >= 0.6 is 0 Å². The molecule has 3 unspecified atom stereocenters. The molecule has 1 nitrogen and oxygen atoms in total. The van der Waals surface area contributed by atoms with Crippen molar-refractivity contribution < 1.29 is 0 Å². The predicted molar refractivity (Wildman–Crippen MR) is 47.2 cm³/mol. The summed E-state index contributed by atoms with van der Waals surface area (Å²) in [6.07, 6.45) is 8.72. The molecule has 1 heteroatoms. The molecule has 0 radical (unpaired) electrons. The maximum atomic E-state index is 5.46. The van der Waals surface area contributed by atoms with Crippen LogP contribution < -0.4 is 5.73 Å². The molecular weight excluding hydrogens is 134 g/mol. The molecule has 2 aliphatic rings. The second kappa shape index (κ2) is 3.14. The molecule has 0 aromatic carbocycles. The largest absolute Gasteiger partial charge is 0.330 e. The minimum absolute atomic E-state index is 0.890. The van der Waals surface area contributed by atoms with E-state index in [9.17, 15) is 0 Å². The van der Waals surface area contributed by atoms with Gasteiger partial charge in [-0.25, -0.2) is 0 Å². The zero-order chi connectivity index (χ0) is 7.68. The van der Waals surface area contributed by atoms with Crippen molar-refractivity contribution in [3.05, 3.63) is 0 Å². The highest BCUT2D eigenvalue weighted by atomic mass is 14.5. The Hall–Kier alpha value is -0.0400. The molecule has 3 atom stereocenters. The summed E-state index contributed by atoms with van der Waals surface area (Å²) in [5.74, 6) is 3.43. The van der Waals surface area contributed by atoms with Gasteiger partial charge in [-0.1, -0.05) is 12.8 Å². The quantitative estimate of drug-likeness (QED) is 0.615. The predicted octanol–water partition coefficient (Wildman–Crippen LogP) is 2.16. The van der Waals surface area contributed by atoms with E-state index in [-0.39, 0.29) is 0 Å². The standard InChI is InChI=1S/C10H19N/c11-6-2-1-3-8-4-5-9-7-10(8)9/h8-10H,1-7,11H2. The van der Waals surface area contributed by atoms with Gasteiger partial charge >= 0.3 is 0 Å². The fourth-order valence-electron chi connectivity index (χ4n) is 2.73. The van der Waals surface area contributed by atoms with Gasteiger partial charge in [-0.15, -0.1) is 0 Å². The second-order valence-corrected chi connectivity index (χ2v) is 4.28. The Morgan fingerprint density at radius 1 is 1.18 bits per heavy atom. The first-order chi connectivity index (χ1) is 5.42. The Bertz CT molecular complexity index is 133. The molecule has 0 aromatic rings. The highest BCUT2D eigenvalue weighted by molar-refractivity contribution is 4.97. The van der Waals surface area contributed by atoms with Gasteiger partial charge in [0, 0.05) is 0 Å². The number of hydrogen-bond acceptors (Lipinski definition) is 1. The summed E-state index contributed by atoms with van der Waals surface area (Å²) in [5, 5.41) is 0. The smallest absolute Gasteiger partial charge is 0.00773 e. The van der Waals surface area contributed by atoms with E-state index in [1.54, 1.807) is 6.42 Å². The zero-order valence-electron chi connectivity index (χ0n) is 7.26. The van der Waals surface area contributed by atoms with E-state index in [2.05, 4.69) is 0 Å². The number of hydrogen-bond donors (Lipinski definition) is 1. The van der Waals surface area contributed by atoms with Crippen molar-refractivity contribution in [2.75, 3.05) is 6.54 Å². The molecule has 0 bridgehead atoms. The van der Waals surface area contributed by atoms with Gasteiger partial charge in [0.2, 0.25) is 0 Å². The van der Waals surface area contributed by atoms with Crippen molar-refractivity contribution in [1.82, 2.24) is 0 Å². The normalized spacial score (nSPS) is 40.6. The lowest BCUT2D eigenvalue weighted by Crippen LogP contribution is -2.02.